The highest BCUT2D eigenvalue weighted by Gasteiger charge is 2.38. The topological polar surface area (TPSA) is 17.1 Å². The predicted molar refractivity (Wildman–Crippen MR) is 79.1 cm³/mol. The Hall–Kier alpha value is -1.11. The zero-order valence-electron chi connectivity index (χ0n) is 12.6. The molecule has 1 aromatic carbocycles. The molecule has 0 radical (unpaired) electrons. The molecule has 19 heavy (non-hydrogen) atoms. The number of carbonyl (C=O) groups excluding carboxylic acids is 1. The molecule has 0 N–H and O–H groups in total. The number of aryl methyl sites for hydroxylation is 1. The van der Waals surface area contributed by atoms with E-state index in [1.165, 1.54) is 36.0 Å². The maximum atomic E-state index is 12.1. The Balaban J connectivity index is 2.31. The molecule has 1 heteroatoms. The van der Waals surface area contributed by atoms with Gasteiger partial charge in [-0.25, -0.2) is 0 Å². The van der Waals surface area contributed by atoms with Crippen molar-refractivity contribution in [3.05, 3.63) is 33.9 Å². The molecule has 2 aliphatic carbocycles. The summed E-state index contributed by atoms with van der Waals surface area (Å²) in [5, 5.41) is 0. The molecule has 3 rings (SSSR count). The SMILES string of the molecule is CC[C@@]1(C)CC[C@H](C)c2c1cc(C)c1c2CCC1=O. The predicted octanol–water partition coefficient (Wildman–Crippen LogP) is 4.69. The van der Waals surface area contributed by atoms with Gasteiger partial charge in [-0.3, -0.25) is 4.79 Å². The molecule has 0 fully saturated rings. The molecular weight excluding hydrogens is 232 g/mol. The van der Waals surface area contributed by atoms with E-state index in [9.17, 15) is 4.79 Å². The van der Waals surface area contributed by atoms with E-state index in [1.54, 1.807) is 5.56 Å². The molecule has 0 spiro atoms. The van der Waals surface area contributed by atoms with Crippen molar-refractivity contribution in [3.63, 3.8) is 0 Å². The second-order valence-electron chi connectivity index (χ2n) is 6.79. The zero-order chi connectivity index (χ0) is 13.8. The maximum Gasteiger partial charge on any atom is 0.163 e. The molecule has 1 aromatic rings. The van der Waals surface area contributed by atoms with Crippen molar-refractivity contribution in [1.82, 2.24) is 0 Å². The van der Waals surface area contributed by atoms with Gasteiger partial charge in [-0.1, -0.05) is 26.8 Å². The Morgan fingerprint density at radius 1 is 1.37 bits per heavy atom. The molecular formula is C18H24O. The Morgan fingerprint density at radius 3 is 2.79 bits per heavy atom. The molecule has 0 saturated carbocycles. The fourth-order valence-corrected chi connectivity index (χ4v) is 4.16. The Bertz CT molecular complexity index is 555. The second kappa shape index (κ2) is 4.19. The minimum Gasteiger partial charge on any atom is -0.294 e. The lowest BCUT2D eigenvalue weighted by molar-refractivity contribution is 0.0994. The molecule has 102 valence electrons. The number of hydrogen-bond donors (Lipinski definition) is 0. The highest BCUT2D eigenvalue weighted by Crippen LogP contribution is 2.48. The van der Waals surface area contributed by atoms with Crippen molar-refractivity contribution in [2.75, 3.05) is 0 Å². The average molecular weight is 256 g/mol. The van der Waals surface area contributed by atoms with Crippen LogP contribution in [0.3, 0.4) is 0 Å². The Kier molecular flexibility index (Phi) is 2.85. The number of ketones is 1. The molecule has 0 heterocycles. The van der Waals surface area contributed by atoms with Crippen LogP contribution in [0.15, 0.2) is 6.07 Å². The molecule has 2 atom stereocenters. The normalized spacial score (nSPS) is 29.3. The first-order valence-corrected chi connectivity index (χ1v) is 7.68. The van der Waals surface area contributed by atoms with Crippen LogP contribution < -0.4 is 0 Å². The number of carbonyl (C=O) groups is 1. The summed E-state index contributed by atoms with van der Waals surface area (Å²) >= 11 is 0. The van der Waals surface area contributed by atoms with Gasteiger partial charge in [0.1, 0.15) is 0 Å². The number of hydrogen-bond acceptors (Lipinski definition) is 1. The largest absolute Gasteiger partial charge is 0.294 e. The number of Topliss-reactive ketones (excluding diaryl/α,β-unsaturated/α-hetero) is 1. The van der Waals surface area contributed by atoms with Crippen molar-refractivity contribution in [3.8, 4) is 0 Å². The molecule has 0 aliphatic heterocycles. The van der Waals surface area contributed by atoms with Crippen LogP contribution >= 0.6 is 0 Å². The first kappa shape index (κ1) is 12.9. The summed E-state index contributed by atoms with van der Waals surface area (Å²) in [6, 6.07) is 2.33. The van der Waals surface area contributed by atoms with E-state index < -0.39 is 0 Å². The van der Waals surface area contributed by atoms with Crippen LogP contribution in [0.4, 0.5) is 0 Å². The first-order valence-electron chi connectivity index (χ1n) is 7.68. The fraction of sp³-hybridized carbons (Fsp3) is 0.611. The monoisotopic (exact) mass is 256 g/mol. The number of fused-ring (bicyclic) bond motifs is 3. The summed E-state index contributed by atoms with van der Waals surface area (Å²) in [5.74, 6) is 0.987. The van der Waals surface area contributed by atoms with E-state index in [1.807, 2.05) is 0 Å². The van der Waals surface area contributed by atoms with Gasteiger partial charge in [-0.2, -0.15) is 0 Å². The van der Waals surface area contributed by atoms with Gasteiger partial charge >= 0.3 is 0 Å². The van der Waals surface area contributed by atoms with Gasteiger partial charge in [0, 0.05) is 12.0 Å². The van der Waals surface area contributed by atoms with Gasteiger partial charge in [0.25, 0.3) is 0 Å². The summed E-state index contributed by atoms with van der Waals surface area (Å²) in [6.07, 6.45) is 5.44. The Morgan fingerprint density at radius 2 is 2.11 bits per heavy atom. The van der Waals surface area contributed by atoms with Crippen LogP contribution in [0, 0.1) is 6.92 Å². The van der Waals surface area contributed by atoms with E-state index in [0.717, 1.165) is 18.4 Å². The van der Waals surface area contributed by atoms with Crippen LogP contribution in [0.5, 0.6) is 0 Å². The second-order valence-corrected chi connectivity index (χ2v) is 6.79. The minimum absolute atomic E-state index is 0.313. The third-order valence-electron chi connectivity index (χ3n) is 5.61. The Labute approximate surface area is 116 Å². The van der Waals surface area contributed by atoms with Crippen LogP contribution in [0.2, 0.25) is 0 Å². The minimum atomic E-state index is 0.313. The van der Waals surface area contributed by atoms with Crippen molar-refractivity contribution < 1.29 is 4.79 Å². The van der Waals surface area contributed by atoms with Crippen molar-refractivity contribution in [1.29, 1.82) is 0 Å². The van der Waals surface area contributed by atoms with Gasteiger partial charge < -0.3 is 0 Å². The molecule has 0 unspecified atom stereocenters. The van der Waals surface area contributed by atoms with Crippen LogP contribution in [-0.4, -0.2) is 5.78 Å². The average Bonchev–Trinajstić information content (AvgIpc) is 2.77. The lowest BCUT2D eigenvalue weighted by Gasteiger charge is -2.40. The summed E-state index contributed by atoms with van der Waals surface area (Å²) in [4.78, 5) is 12.1. The lowest BCUT2D eigenvalue weighted by Crippen LogP contribution is -2.29. The van der Waals surface area contributed by atoms with Crippen molar-refractivity contribution in [2.45, 2.75) is 71.1 Å². The van der Waals surface area contributed by atoms with Crippen LogP contribution in [0.25, 0.3) is 0 Å². The quantitative estimate of drug-likeness (QED) is 0.712. The van der Waals surface area contributed by atoms with E-state index in [4.69, 9.17) is 0 Å². The first-order chi connectivity index (χ1) is 8.98. The number of rotatable bonds is 1. The van der Waals surface area contributed by atoms with Gasteiger partial charge in [-0.05, 0) is 66.2 Å². The smallest absolute Gasteiger partial charge is 0.163 e. The molecule has 2 aliphatic rings. The lowest BCUT2D eigenvalue weighted by atomic mass is 9.65. The number of benzene rings is 1. The van der Waals surface area contributed by atoms with Gasteiger partial charge in [-0.15, -0.1) is 0 Å². The van der Waals surface area contributed by atoms with Crippen LogP contribution in [0.1, 0.15) is 85.0 Å². The standard InChI is InChI=1S/C18H24O/c1-5-18(4)9-8-11(2)16-13-6-7-15(19)17(13)12(3)10-14(16)18/h10-11H,5-9H2,1-4H3/t11-,18-/m0/s1. The van der Waals surface area contributed by atoms with Crippen molar-refractivity contribution in [2.24, 2.45) is 0 Å². The van der Waals surface area contributed by atoms with E-state index in [2.05, 4.69) is 33.8 Å². The highest BCUT2D eigenvalue weighted by atomic mass is 16.1. The molecule has 0 aromatic heterocycles. The van der Waals surface area contributed by atoms with Crippen molar-refractivity contribution >= 4 is 5.78 Å². The zero-order valence-corrected chi connectivity index (χ0v) is 12.6. The summed E-state index contributed by atoms with van der Waals surface area (Å²) in [5.41, 5.74) is 7.05. The van der Waals surface area contributed by atoms with Gasteiger partial charge in [0.15, 0.2) is 5.78 Å². The third kappa shape index (κ3) is 1.70. The summed E-state index contributed by atoms with van der Waals surface area (Å²) < 4.78 is 0. The molecule has 0 amide bonds. The summed E-state index contributed by atoms with van der Waals surface area (Å²) in [6.45, 7) is 9.16. The van der Waals surface area contributed by atoms with E-state index >= 15 is 0 Å². The molecule has 0 saturated heterocycles. The maximum absolute atomic E-state index is 12.1. The third-order valence-corrected chi connectivity index (χ3v) is 5.61. The van der Waals surface area contributed by atoms with E-state index in [-0.39, 0.29) is 0 Å². The summed E-state index contributed by atoms with van der Waals surface area (Å²) in [7, 11) is 0. The highest BCUT2D eigenvalue weighted by molar-refractivity contribution is 6.02. The van der Waals surface area contributed by atoms with Gasteiger partial charge in [0.05, 0.1) is 0 Å². The van der Waals surface area contributed by atoms with Crippen LogP contribution in [-0.2, 0) is 11.8 Å². The fourth-order valence-electron chi connectivity index (χ4n) is 4.16. The van der Waals surface area contributed by atoms with Gasteiger partial charge in [0.2, 0.25) is 0 Å². The molecule has 1 nitrogen and oxygen atoms in total. The van der Waals surface area contributed by atoms with E-state index in [0.29, 0.717) is 17.1 Å². The molecule has 0 bridgehead atoms.